The molecule has 0 fully saturated rings. The van der Waals surface area contributed by atoms with Gasteiger partial charge in [-0.15, -0.1) is 0 Å². The quantitative estimate of drug-likeness (QED) is 0.208. The fourth-order valence-electron chi connectivity index (χ4n) is 2.46. The van der Waals surface area contributed by atoms with Crippen LogP contribution >= 0.6 is 0 Å². The van der Waals surface area contributed by atoms with Gasteiger partial charge in [-0.1, -0.05) is 32.1 Å². The molecule has 0 aliphatic carbocycles. The minimum atomic E-state index is -0.998. The van der Waals surface area contributed by atoms with Crippen LogP contribution in [0.2, 0.25) is 0 Å². The monoisotopic (exact) mass is 384 g/mol. The number of aliphatic carboxylic acids is 2. The molecule has 0 spiro atoms. The Hall–Kier alpha value is 0.00636. The van der Waals surface area contributed by atoms with Gasteiger partial charge in [0.25, 0.3) is 0 Å². The van der Waals surface area contributed by atoms with E-state index in [1.807, 2.05) is 0 Å². The molecular formula is C17H33KN2O5. The van der Waals surface area contributed by atoms with E-state index in [2.05, 4.69) is 5.32 Å². The normalized spacial score (nSPS) is 11.4. The molecule has 1 amide bonds. The van der Waals surface area contributed by atoms with Crippen molar-refractivity contribution in [1.29, 1.82) is 0 Å². The fourth-order valence-corrected chi connectivity index (χ4v) is 2.46. The standard InChI is InChI=1S/C17H32N2O5.K.H/c18-13-9-8-10-14(17(23)24)19-15(20)11-6-4-2-1-3-5-7-12-16(21)22;;/h14H,1-13,18H2,(H,19,20)(H,21,22)(H,23,24);;/q;+1;-1/t14-;;/m0../s1. The van der Waals surface area contributed by atoms with E-state index < -0.39 is 18.0 Å². The van der Waals surface area contributed by atoms with E-state index in [1.165, 1.54) is 0 Å². The molecule has 7 nitrogen and oxygen atoms in total. The van der Waals surface area contributed by atoms with Gasteiger partial charge >= 0.3 is 63.3 Å². The topological polar surface area (TPSA) is 130 Å². The van der Waals surface area contributed by atoms with Gasteiger partial charge < -0.3 is 22.7 Å². The SMILES string of the molecule is NCCCC[C@H](NC(=O)CCCCCCCCCC(=O)O)C(=O)O.[H-].[K+]. The Morgan fingerprint density at radius 3 is 1.84 bits per heavy atom. The molecule has 1 atom stereocenters. The van der Waals surface area contributed by atoms with Gasteiger partial charge in [0.15, 0.2) is 0 Å². The molecule has 0 bridgehead atoms. The first-order valence-electron chi connectivity index (χ1n) is 8.91. The average molecular weight is 385 g/mol. The molecule has 0 saturated carbocycles. The first kappa shape index (κ1) is 27.2. The van der Waals surface area contributed by atoms with Crippen LogP contribution in [0.15, 0.2) is 0 Å². The Morgan fingerprint density at radius 1 is 0.840 bits per heavy atom. The molecule has 0 saturated heterocycles. The summed E-state index contributed by atoms with van der Waals surface area (Å²) in [5.41, 5.74) is 5.38. The van der Waals surface area contributed by atoms with Gasteiger partial charge in [-0.2, -0.15) is 0 Å². The molecule has 0 aromatic rings. The Labute approximate surface area is 194 Å². The van der Waals surface area contributed by atoms with Crippen LogP contribution in [0.5, 0.6) is 0 Å². The summed E-state index contributed by atoms with van der Waals surface area (Å²) in [5.74, 6) is -1.96. The first-order chi connectivity index (χ1) is 11.5. The number of carboxylic acids is 2. The van der Waals surface area contributed by atoms with Crippen LogP contribution in [0.3, 0.4) is 0 Å². The summed E-state index contributed by atoms with van der Waals surface area (Å²) in [6.45, 7) is 0.524. The number of nitrogens with one attached hydrogen (secondary N) is 1. The maximum Gasteiger partial charge on any atom is 1.00 e. The van der Waals surface area contributed by atoms with Crippen LogP contribution in [0.1, 0.15) is 78.5 Å². The molecule has 0 heterocycles. The van der Waals surface area contributed by atoms with Gasteiger partial charge in [0.1, 0.15) is 6.04 Å². The molecule has 0 aromatic carbocycles. The van der Waals surface area contributed by atoms with Crippen molar-refractivity contribution < 1.29 is 77.4 Å². The van der Waals surface area contributed by atoms with Crippen LogP contribution in [-0.2, 0) is 14.4 Å². The van der Waals surface area contributed by atoms with E-state index in [9.17, 15) is 14.4 Å². The molecule has 0 unspecified atom stereocenters. The van der Waals surface area contributed by atoms with Crippen LogP contribution in [0, 0.1) is 0 Å². The van der Waals surface area contributed by atoms with Gasteiger partial charge in [-0.05, 0) is 38.6 Å². The number of amides is 1. The van der Waals surface area contributed by atoms with E-state index in [0.29, 0.717) is 25.8 Å². The van der Waals surface area contributed by atoms with E-state index in [-0.39, 0.29) is 65.1 Å². The third-order valence-corrected chi connectivity index (χ3v) is 3.87. The third-order valence-electron chi connectivity index (χ3n) is 3.87. The van der Waals surface area contributed by atoms with Crippen molar-refractivity contribution in [1.82, 2.24) is 5.32 Å². The number of nitrogens with two attached hydrogens (primary N) is 1. The van der Waals surface area contributed by atoms with Crippen molar-refractivity contribution >= 4 is 17.8 Å². The molecule has 0 radical (unpaired) electrons. The summed E-state index contributed by atoms with van der Waals surface area (Å²) in [6, 6.07) is -0.821. The molecule has 0 rings (SSSR count). The smallest absolute Gasteiger partial charge is 1.00 e. The predicted octanol–water partition coefficient (Wildman–Crippen LogP) is -0.603. The van der Waals surface area contributed by atoms with Crippen molar-refractivity contribution in [3.63, 3.8) is 0 Å². The van der Waals surface area contributed by atoms with Gasteiger partial charge in [0.2, 0.25) is 5.91 Å². The molecule has 8 heteroatoms. The van der Waals surface area contributed by atoms with Crippen LogP contribution < -0.4 is 62.4 Å². The summed E-state index contributed by atoms with van der Waals surface area (Å²) >= 11 is 0. The van der Waals surface area contributed by atoms with Gasteiger partial charge in [0, 0.05) is 12.8 Å². The summed E-state index contributed by atoms with van der Waals surface area (Å²) < 4.78 is 0. The number of rotatable bonds is 16. The van der Waals surface area contributed by atoms with Crippen molar-refractivity contribution in [3.8, 4) is 0 Å². The second-order valence-corrected chi connectivity index (χ2v) is 6.11. The number of carbonyl (C=O) groups is 3. The van der Waals surface area contributed by atoms with E-state index in [1.54, 1.807) is 0 Å². The van der Waals surface area contributed by atoms with Crippen LogP contribution in [0.25, 0.3) is 0 Å². The van der Waals surface area contributed by atoms with Gasteiger partial charge in [0.05, 0.1) is 0 Å². The molecule has 5 N–H and O–H groups in total. The molecule has 142 valence electrons. The zero-order chi connectivity index (χ0) is 18.2. The first-order valence-corrected chi connectivity index (χ1v) is 8.91. The zero-order valence-corrected chi connectivity index (χ0v) is 18.6. The summed E-state index contributed by atoms with van der Waals surface area (Å²) in [7, 11) is 0. The van der Waals surface area contributed by atoms with Crippen LogP contribution in [-0.4, -0.2) is 40.6 Å². The van der Waals surface area contributed by atoms with Crippen molar-refractivity contribution in [2.45, 2.75) is 83.1 Å². The Balaban J connectivity index is -0.00000264. The van der Waals surface area contributed by atoms with E-state index in [0.717, 1.165) is 51.4 Å². The average Bonchev–Trinajstić information content (AvgIpc) is 2.52. The maximum absolute atomic E-state index is 11.8. The minimum Gasteiger partial charge on any atom is -1.00 e. The van der Waals surface area contributed by atoms with Crippen molar-refractivity contribution in [2.24, 2.45) is 5.73 Å². The molecule has 0 aliphatic rings. The third kappa shape index (κ3) is 18.6. The molecule has 25 heavy (non-hydrogen) atoms. The molecular weight excluding hydrogens is 351 g/mol. The van der Waals surface area contributed by atoms with Crippen molar-refractivity contribution in [3.05, 3.63) is 0 Å². The summed E-state index contributed by atoms with van der Waals surface area (Å²) in [4.78, 5) is 33.2. The largest absolute Gasteiger partial charge is 1.00 e. The van der Waals surface area contributed by atoms with E-state index >= 15 is 0 Å². The Kier molecular flexibility index (Phi) is 20.5. The second kappa shape index (κ2) is 18.8. The number of carboxylic acid groups (broad SMARTS) is 2. The number of hydrogen-bond acceptors (Lipinski definition) is 4. The number of unbranched alkanes of at least 4 members (excludes halogenated alkanes) is 7. The molecule has 0 aliphatic heterocycles. The Bertz CT molecular complexity index is 386. The van der Waals surface area contributed by atoms with Gasteiger partial charge in [-0.3, -0.25) is 9.59 Å². The predicted molar refractivity (Wildman–Crippen MR) is 92.8 cm³/mol. The molecule has 0 aromatic heterocycles. The van der Waals surface area contributed by atoms with E-state index in [4.69, 9.17) is 15.9 Å². The zero-order valence-electron chi connectivity index (χ0n) is 16.5. The maximum atomic E-state index is 11.8. The second-order valence-electron chi connectivity index (χ2n) is 6.11. The van der Waals surface area contributed by atoms with Crippen LogP contribution in [0.4, 0.5) is 0 Å². The minimum absolute atomic E-state index is 0. The number of hydrogen-bond donors (Lipinski definition) is 4. The summed E-state index contributed by atoms with van der Waals surface area (Å²) in [5, 5.41) is 20.2. The van der Waals surface area contributed by atoms with Crippen molar-refractivity contribution in [2.75, 3.05) is 6.54 Å². The summed E-state index contributed by atoms with van der Waals surface area (Å²) in [6.07, 6.45) is 8.83. The fraction of sp³-hybridized carbons (Fsp3) is 0.824. The number of carbonyl (C=O) groups excluding carboxylic acids is 1. The van der Waals surface area contributed by atoms with Gasteiger partial charge in [-0.25, -0.2) is 4.79 Å². The Morgan fingerprint density at radius 2 is 1.36 bits per heavy atom.